The second kappa shape index (κ2) is 5.85. The highest BCUT2D eigenvalue weighted by Crippen LogP contribution is 2.31. The zero-order valence-electron chi connectivity index (χ0n) is 11.8. The predicted molar refractivity (Wildman–Crippen MR) is 82.9 cm³/mol. The van der Waals surface area contributed by atoms with Crippen LogP contribution in [0.1, 0.15) is 31.2 Å². The Morgan fingerprint density at radius 1 is 1.30 bits per heavy atom. The third-order valence-electron chi connectivity index (χ3n) is 3.87. The second-order valence-corrected chi connectivity index (χ2v) is 9.61. The van der Waals surface area contributed by atoms with Crippen LogP contribution in [-0.4, -0.2) is 29.4 Å². The van der Waals surface area contributed by atoms with Crippen molar-refractivity contribution in [3.8, 4) is 0 Å². The van der Waals surface area contributed by atoms with Gasteiger partial charge in [0.25, 0.3) is 0 Å². The molecule has 4 nitrogen and oxygen atoms in total. The van der Waals surface area contributed by atoms with Crippen LogP contribution in [0.25, 0.3) is 0 Å². The highest BCUT2D eigenvalue weighted by molar-refractivity contribution is 7.91. The van der Waals surface area contributed by atoms with E-state index in [0.717, 1.165) is 18.4 Å². The monoisotopic (exact) mass is 315 g/mol. The van der Waals surface area contributed by atoms with Crippen molar-refractivity contribution in [1.29, 1.82) is 0 Å². The van der Waals surface area contributed by atoms with Gasteiger partial charge < -0.3 is 5.73 Å². The molecule has 20 heavy (non-hydrogen) atoms. The number of hydrogen-bond donors (Lipinski definition) is 1. The summed E-state index contributed by atoms with van der Waals surface area (Å²) in [5.41, 5.74) is 7.50. The molecule has 1 aromatic carbocycles. The Balaban J connectivity index is 2.21. The fourth-order valence-corrected chi connectivity index (χ4v) is 5.65. The van der Waals surface area contributed by atoms with Crippen molar-refractivity contribution < 1.29 is 12.6 Å². The Bertz CT molecular complexity index is 625. The minimum atomic E-state index is -3.06. The van der Waals surface area contributed by atoms with Gasteiger partial charge in [0, 0.05) is 17.2 Å². The van der Waals surface area contributed by atoms with E-state index in [4.69, 9.17) is 5.73 Å². The van der Waals surface area contributed by atoms with E-state index in [1.54, 1.807) is 6.07 Å². The van der Waals surface area contributed by atoms with Crippen molar-refractivity contribution in [2.24, 2.45) is 0 Å². The molecule has 3 unspecified atom stereocenters. The summed E-state index contributed by atoms with van der Waals surface area (Å²) in [5.74, 6) is 0. The average molecular weight is 315 g/mol. The molecule has 6 heteroatoms. The molecule has 0 radical (unpaired) electrons. The van der Waals surface area contributed by atoms with Crippen molar-refractivity contribution in [1.82, 2.24) is 0 Å². The van der Waals surface area contributed by atoms with Gasteiger partial charge in [0.2, 0.25) is 0 Å². The summed E-state index contributed by atoms with van der Waals surface area (Å²) in [6.07, 6.45) is 4.02. The second-order valence-electron chi connectivity index (χ2n) is 5.58. The van der Waals surface area contributed by atoms with E-state index in [-0.39, 0.29) is 10.5 Å². The van der Waals surface area contributed by atoms with E-state index in [2.05, 4.69) is 0 Å². The maximum absolute atomic E-state index is 12.6. The fraction of sp³-hybridized carbons (Fsp3) is 0.571. The lowest BCUT2D eigenvalue weighted by molar-refractivity contribution is 0.487. The van der Waals surface area contributed by atoms with Crippen LogP contribution in [0.3, 0.4) is 0 Å². The maximum atomic E-state index is 12.6. The molecule has 1 aromatic rings. The van der Waals surface area contributed by atoms with E-state index in [1.165, 1.54) is 6.26 Å². The first-order chi connectivity index (χ1) is 9.29. The van der Waals surface area contributed by atoms with Gasteiger partial charge in [-0.3, -0.25) is 4.21 Å². The summed E-state index contributed by atoms with van der Waals surface area (Å²) in [5, 5.41) is -0.481. The van der Waals surface area contributed by atoms with Crippen LogP contribution in [0.4, 0.5) is 5.69 Å². The van der Waals surface area contributed by atoms with Crippen molar-refractivity contribution in [2.75, 3.05) is 12.0 Å². The Kier molecular flexibility index (Phi) is 4.54. The smallest absolute Gasteiger partial charge is 0.150 e. The quantitative estimate of drug-likeness (QED) is 0.866. The Morgan fingerprint density at radius 3 is 2.60 bits per heavy atom. The average Bonchev–Trinajstić information content (AvgIpc) is 2.37. The highest BCUT2D eigenvalue weighted by atomic mass is 32.2. The molecule has 0 heterocycles. The summed E-state index contributed by atoms with van der Waals surface area (Å²) >= 11 is 0. The van der Waals surface area contributed by atoms with Gasteiger partial charge in [-0.1, -0.05) is 12.5 Å². The molecule has 0 aliphatic heterocycles. The summed E-state index contributed by atoms with van der Waals surface area (Å²) in [4.78, 5) is 0.634. The van der Waals surface area contributed by atoms with Crippen molar-refractivity contribution in [3.05, 3.63) is 23.8 Å². The molecule has 3 atom stereocenters. The van der Waals surface area contributed by atoms with Crippen LogP contribution >= 0.6 is 0 Å². The summed E-state index contributed by atoms with van der Waals surface area (Å²) in [7, 11) is -4.29. The number of nitrogens with two attached hydrogens (primary N) is 1. The molecule has 0 amide bonds. The Labute approximate surface area is 123 Å². The van der Waals surface area contributed by atoms with Gasteiger partial charge in [0.05, 0.1) is 20.9 Å². The molecular formula is C14H21NO3S2. The maximum Gasteiger partial charge on any atom is 0.150 e. The van der Waals surface area contributed by atoms with Crippen molar-refractivity contribution >= 4 is 26.3 Å². The minimum absolute atomic E-state index is 0.117. The standard InChI is InChI=1S/C14H21NO3S2/c1-10-6-7-14(13(15)8-10)19(16)11-4-3-5-12(9-11)20(2,17)18/h6-8,11-12H,3-5,9,15H2,1-2H3. The predicted octanol–water partition coefficient (Wildman–Crippen LogP) is 2.04. The van der Waals surface area contributed by atoms with Gasteiger partial charge in [0.1, 0.15) is 9.84 Å². The summed E-state index contributed by atoms with van der Waals surface area (Å²) in [6, 6.07) is 5.50. The van der Waals surface area contributed by atoms with Gasteiger partial charge in [0.15, 0.2) is 0 Å². The van der Waals surface area contributed by atoms with E-state index >= 15 is 0 Å². The summed E-state index contributed by atoms with van der Waals surface area (Å²) in [6.45, 7) is 1.93. The lowest BCUT2D eigenvalue weighted by Gasteiger charge is -2.27. The number of anilines is 1. The molecule has 1 aliphatic rings. The van der Waals surface area contributed by atoms with E-state index in [0.29, 0.717) is 23.4 Å². The van der Waals surface area contributed by atoms with E-state index in [9.17, 15) is 12.6 Å². The molecule has 2 rings (SSSR count). The van der Waals surface area contributed by atoms with Crippen LogP contribution in [0.5, 0.6) is 0 Å². The lowest BCUT2D eigenvalue weighted by Crippen LogP contribution is -2.32. The molecule has 0 bridgehead atoms. The van der Waals surface area contributed by atoms with E-state index < -0.39 is 20.6 Å². The zero-order valence-corrected chi connectivity index (χ0v) is 13.5. The SMILES string of the molecule is Cc1ccc(S(=O)C2CCCC(S(C)(=O)=O)C2)c(N)c1. The van der Waals surface area contributed by atoms with Crippen LogP contribution in [0, 0.1) is 6.92 Å². The number of benzene rings is 1. The third-order valence-corrected chi connectivity index (χ3v) is 7.35. The molecule has 1 fully saturated rings. The summed E-state index contributed by atoms with van der Waals surface area (Å²) < 4.78 is 36.0. The molecule has 0 aromatic heterocycles. The Morgan fingerprint density at radius 2 is 2.00 bits per heavy atom. The minimum Gasteiger partial charge on any atom is -0.398 e. The Hall–Kier alpha value is -0.880. The molecule has 0 saturated heterocycles. The third kappa shape index (κ3) is 3.41. The van der Waals surface area contributed by atoms with E-state index in [1.807, 2.05) is 19.1 Å². The zero-order chi connectivity index (χ0) is 14.9. The highest BCUT2D eigenvalue weighted by Gasteiger charge is 2.32. The molecule has 112 valence electrons. The van der Waals surface area contributed by atoms with Gasteiger partial charge in [-0.2, -0.15) is 0 Å². The van der Waals surface area contributed by atoms with Crippen LogP contribution in [-0.2, 0) is 20.6 Å². The van der Waals surface area contributed by atoms with Crippen molar-refractivity contribution in [2.45, 2.75) is 48.0 Å². The van der Waals surface area contributed by atoms with Crippen LogP contribution < -0.4 is 5.73 Å². The normalized spacial score (nSPS) is 25.3. The first-order valence-electron chi connectivity index (χ1n) is 6.74. The lowest BCUT2D eigenvalue weighted by atomic mass is 10.00. The molecule has 1 saturated carbocycles. The van der Waals surface area contributed by atoms with Gasteiger partial charge >= 0.3 is 0 Å². The number of rotatable bonds is 3. The fourth-order valence-electron chi connectivity index (χ4n) is 2.72. The van der Waals surface area contributed by atoms with Gasteiger partial charge in [-0.05, 0) is 43.9 Å². The first-order valence-corrected chi connectivity index (χ1v) is 9.91. The molecule has 2 N–H and O–H groups in total. The molecule has 1 aliphatic carbocycles. The largest absolute Gasteiger partial charge is 0.398 e. The molecular weight excluding hydrogens is 294 g/mol. The number of nitrogen functional groups attached to an aromatic ring is 1. The number of hydrogen-bond acceptors (Lipinski definition) is 4. The number of sulfone groups is 1. The van der Waals surface area contributed by atoms with Crippen LogP contribution in [0.15, 0.2) is 23.1 Å². The van der Waals surface area contributed by atoms with Crippen molar-refractivity contribution in [3.63, 3.8) is 0 Å². The number of aryl methyl sites for hydroxylation is 1. The van der Waals surface area contributed by atoms with Gasteiger partial charge in [-0.15, -0.1) is 0 Å². The molecule has 0 spiro atoms. The van der Waals surface area contributed by atoms with Gasteiger partial charge in [-0.25, -0.2) is 8.42 Å². The van der Waals surface area contributed by atoms with Crippen LogP contribution in [0.2, 0.25) is 0 Å². The topological polar surface area (TPSA) is 77.2 Å². The first kappa shape index (κ1) is 15.5.